The summed E-state index contributed by atoms with van der Waals surface area (Å²) in [6.07, 6.45) is 0. The molecule has 8 rings (SSSR count). The fourth-order valence-corrected chi connectivity index (χ4v) is 4.75. The van der Waals surface area contributed by atoms with Gasteiger partial charge in [-0.3, -0.25) is 0 Å². The number of furan rings is 1. The maximum Gasteiger partial charge on any atom is 0.135 e. The zero-order valence-electron chi connectivity index (χ0n) is 39.7. The Bertz CT molecular complexity index is 3170. The van der Waals surface area contributed by atoms with Crippen molar-refractivity contribution in [2.24, 2.45) is 0 Å². The van der Waals surface area contributed by atoms with Gasteiger partial charge in [0.15, 0.2) is 0 Å². The van der Waals surface area contributed by atoms with Crippen LogP contribution in [0.2, 0.25) is 0 Å². The molecule has 7 aromatic carbocycles. The lowest BCUT2D eigenvalue weighted by Gasteiger charge is -2.18. The number of fused-ring (bicyclic) bond motifs is 5. The number of rotatable bonds is 3. The van der Waals surface area contributed by atoms with Crippen molar-refractivity contribution >= 4 is 43.5 Å². The van der Waals surface area contributed by atoms with Crippen molar-refractivity contribution < 1.29 is 31.8 Å². The minimum atomic E-state index is -0.956. The van der Waals surface area contributed by atoms with Gasteiger partial charge in [-0.2, -0.15) is 0 Å². The summed E-state index contributed by atoms with van der Waals surface area (Å²) in [5.41, 5.74) is -3.63. The van der Waals surface area contributed by atoms with E-state index in [4.69, 9.17) is 22.2 Å². The van der Waals surface area contributed by atoms with Crippen LogP contribution in [0.15, 0.2) is 150 Å². The molecule has 0 bridgehead atoms. The van der Waals surface area contributed by atoms with Crippen molar-refractivity contribution in [2.75, 3.05) is 0 Å². The van der Waals surface area contributed by atoms with E-state index in [0.29, 0.717) is 5.39 Å². The zero-order chi connectivity index (χ0) is 43.2. The van der Waals surface area contributed by atoms with Gasteiger partial charge in [0.25, 0.3) is 0 Å². The lowest BCUT2D eigenvalue weighted by atomic mass is 9.85. The topological polar surface area (TPSA) is 13.1 Å². The highest BCUT2D eigenvalue weighted by molar-refractivity contribution is 6.22. The first-order valence-corrected chi connectivity index (χ1v) is 11.7. The Morgan fingerprint density at radius 1 is 0.385 bits per heavy atom. The van der Waals surface area contributed by atoms with Crippen LogP contribution in [0.1, 0.15) is 27.4 Å². The van der Waals surface area contributed by atoms with E-state index >= 15 is 0 Å². The van der Waals surface area contributed by atoms with Crippen molar-refractivity contribution in [2.45, 2.75) is 0 Å². The molecule has 1 heterocycles. The second kappa shape index (κ2) is 8.72. The summed E-state index contributed by atoms with van der Waals surface area (Å²) >= 11 is 0. The van der Waals surface area contributed by atoms with Crippen LogP contribution >= 0.6 is 0 Å². The molecule has 0 fully saturated rings. The van der Waals surface area contributed by atoms with Crippen molar-refractivity contribution in [3.05, 3.63) is 145 Å². The normalized spacial score (nSPS) is 18.8. The van der Waals surface area contributed by atoms with Crippen molar-refractivity contribution in [3.63, 3.8) is 0 Å². The Hall–Kier alpha value is -5.14. The van der Waals surface area contributed by atoms with Crippen LogP contribution in [0.5, 0.6) is 0 Å². The monoisotopic (exact) mass is 516 g/mol. The van der Waals surface area contributed by atoms with E-state index in [-0.39, 0.29) is 16.6 Å². The van der Waals surface area contributed by atoms with Gasteiger partial charge in [0.1, 0.15) is 11.2 Å². The Balaban J connectivity index is 1.73. The number of hydrogen-bond acceptors (Lipinski definition) is 1. The summed E-state index contributed by atoms with van der Waals surface area (Å²) in [7, 11) is 0. The molecule has 0 aliphatic rings. The third kappa shape index (κ3) is 3.48. The van der Waals surface area contributed by atoms with E-state index in [2.05, 4.69) is 0 Å². The Labute approximate surface area is 254 Å². The maximum absolute atomic E-state index is 9.52. The van der Waals surface area contributed by atoms with E-state index in [9.17, 15) is 9.60 Å². The van der Waals surface area contributed by atoms with Gasteiger partial charge in [0.05, 0.1) is 27.4 Å². The molecule has 1 heteroatoms. The fraction of sp³-hybridized carbons (Fsp3) is 0. The molecule has 39 heavy (non-hydrogen) atoms. The molecule has 182 valence electrons. The molecule has 0 saturated carbocycles. The molecule has 1 aromatic heterocycles. The zero-order valence-corrected chi connectivity index (χ0v) is 19.7. The highest BCUT2D eigenvalue weighted by Gasteiger charge is 2.18. The minimum absolute atomic E-state index is 0.0266. The molecular weight excluding hydrogens is 472 g/mol. The van der Waals surface area contributed by atoms with E-state index < -0.39 is 176 Å². The first-order chi connectivity index (χ1) is 27.7. The summed E-state index contributed by atoms with van der Waals surface area (Å²) in [5.74, 6) is 0. The van der Waals surface area contributed by atoms with Crippen LogP contribution in [0, 0.1) is 0 Å². The van der Waals surface area contributed by atoms with Crippen LogP contribution in [0.25, 0.3) is 76.9 Å². The van der Waals surface area contributed by atoms with Crippen LogP contribution < -0.4 is 0 Å². The number of benzene rings is 7. The Morgan fingerprint density at radius 3 is 1.64 bits per heavy atom. The Kier molecular flexibility index (Phi) is 2.21. The second-order valence-corrected chi connectivity index (χ2v) is 8.55. The van der Waals surface area contributed by atoms with E-state index in [1.807, 2.05) is 0 Å². The second-order valence-electron chi connectivity index (χ2n) is 8.55. The van der Waals surface area contributed by atoms with Gasteiger partial charge >= 0.3 is 0 Å². The summed E-state index contributed by atoms with van der Waals surface area (Å²) < 4.78 is 184. The highest BCUT2D eigenvalue weighted by Crippen LogP contribution is 2.45. The number of para-hydroxylation sites is 1. The van der Waals surface area contributed by atoms with Crippen molar-refractivity contribution in [3.8, 4) is 33.4 Å². The maximum atomic E-state index is 9.52. The van der Waals surface area contributed by atoms with Gasteiger partial charge in [-0.25, -0.2) is 0 Å². The van der Waals surface area contributed by atoms with Crippen molar-refractivity contribution in [1.29, 1.82) is 0 Å². The van der Waals surface area contributed by atoms with Crippen LogP contribution in [0.3, 0.4) is 0 Å². The summed E-state index contributed by atoms with van der Waals surface area (Å²) in [5, 5.41) is -1.89. The van der Waals surface area contributed by atoms with Gasteiger partial charge in [-0.15, -0.1) is 0 Å². The molecule has 0 aliphatic heterocycles. The van der Waals surface area contributed by atoms with E-state index in [0.717, 1.165) is 0 Å². The number of hydrogen-bond donors (Lipinski definition) is 0. The standard InChI is InChI=1S/C38H24O/c1-2-11-25(12-3-1)26-13-10-14-27(23-26)37-30-16-4-6-18-32(30)38(33-19-7-5-17-31(33)37)28-21-22-36-34(24-28)29-15-8-9-20-35(29)39-36/h1-24H/i1D,2D,3D,4D,5D,6D,7D,10D,11D,12D,13D,14D,16D,17D,18D,19D,21D,22D,23D,24D. The molecule has 0 spiro atoms. The predicted octanol–water partition coefficient (Wildman–Crippen LogP) is 10.9. The molecule has 0 saturated heterocycles. The van der Waals surface area contributed by atoms with E-state index in [1.54, 1.807) is 24.3 Å². The van der Waals surface area contributed by atoms with Crippen LogP contribution in [-0.4, -0.2) is 0 Å². The third-order valence-corrected chi connectivity index (χ3v) is 6.40. The molecule has 8 aromatic rings. The molecule has 0 aliphatic carbocycles. The highest BCUT2D eigenvalue weighted by atomic mass is 16.3. The average Bonchev–Trinajstić information content (AvgIpc) is 3.61. The smallest absolute Gasteiger partial charge is 0.135 e. The fourth-order valence-electron chi connectivity index (χ4n) is 4.75. The molecular formula is C38H24O. The first kappa shape index (κ1) is 9.87. The molecule has 0 N–H and O–H groups in total. The molecule has 1 nitrogen and oxygen atoms in total. The predicted molar refractivity (Wildman–Crippen MR) is 165 cm³/mol. The lowest BCUT2D eigenvalue weighted by Crippen LogP contribution is -1.91. The largest absolute Gasteiger partial charge is 0.456 e. The summed E-state index contributed by atoms with van der Waals surface area (Å²) in [6, 6.07) is -10.1. The molecule has 0 radical (unpaired) electrons. The van der Waals surface area contributed by atoms with Gasteiger partial charge in [0, 0.05) is 10.8 Å². The van der Waals surface area contributed by atoms with E-state index in [1.165, 1.54) is 0 Å². The van der Waals surface area contributed by atoms with Crippen molar-refractivity contribution in [1.82, 2.24) is 0 Å². The minimum Gasteiger partial charge on any atom is -0.456 e. The third-order valence-electron chi connectivity index (χ3n) is 6.40. The molecule has 0 atom stereocenters. The summed E-state index contributed by atoms with van der Waals surface area (Å²) in [4.78, 5) is 0. The molecule has 0 unspecified atom stereocenters. The van der Waals surface area contributed by atoms with Gasteiger partial charge < -0.3 is 4.42 Å². The van der Waals surface area contributed by atoms with Gasteiger partial charge in [-0.05, 0) is 79.1 Å². The summed E-state index contributed by atoms with van der Waals surface area (Å²) in [6.45, 7) is 0. The lowest BCUT2D eigenvalue weighted by molar-refractivity contribution is 0.669. The quantitative estimate of drug-likeness (QED) is 0.213. The van der Waals surface area contributed by atoms with Crippen LogP contribution in [-0.2, 0) is 0 Å². The van der Waals surface area contributed by atoms with Gasteiger partial charge in [-0.1, -0.05) is 121 Å². The Morgan fingerprint density at radius 2 is 0.949 bits per heavy atom. The molecule has 0 amide bonds. The average molecular weight is 517 g/mol. The van der Waals surface area contributed by atoms with Gasteiger partial charge in [0.2, 0.25) is 0 Å². The first-order valence-electron chi connectivity index (χ1n) is 21.7. The van der Waals surface area contributed by atoms with Crippen LogP contribution in [0.4, 0.5) is 0 Å². The SMILES string of the molecule is [2H]c1c([2H])c([2H])c(-c2c([2H])c([2H])c([2H])c(-c3c4c([2H])c([2H])c([2H])c([2H])c4c(-c4c([2H])c([2H])c5oc6ccccc6c5c4[2H])c4c([2H])c([2H])c([2H])c([2H])c34)c2[2H])c([2H])c1[2H].